The minimum atomic E-state index is -0.131. The van der Waals surface area contributed by atoms with E-state index in [4.69, 9.17) is 5.11 Å². The molecule has 1 amide bonds. The Kier molecular flexibility index (Phi) is 6.62. The van der Waals surface area contributed by atoms with Crippen molar-refractivity contribution < 1.29 is 9.90 Å². The molecule has 1 atom stereocenters. The molecule has 0 saturated heterocycles. The molecule has 0 saturated carbocycles. The largest absolute Gasteiger partial charge is 0.394 e. The maximum Gasteiger partial charge on any atom is 0.230 e. The predicted octanol–water partition coefficient (Wildman–Crippen LogP) is 2.43. The van der Waals surface area contributed by atoms with Gasteiger partial charge < -0.3 is 10.4 Å². The van der Waals surface area contributed by atoms with Gasteiger partial charge >= 0.3 is 0 Å². The Hall–Kier alpha value is -0.520. The molecule has 0 bridgehead atoms. The first-order valence-corrected chi connectivity index (χ1v) is 7.22. The molecular weight excluding hydrogens is 302 g/mol. The molecule has 0 spiro atoms. The fourth-order valence-electron chi connectivity index (χ4n) is 1.23. The van der Waals surface area contributed by atoms with Crippen LogP contribution in [0.1, 0.15) is 13.3 Å². The topological polar surface area (TPSA) is 49.3 Å². The van der Waals surface area contributed by atoms with Crippen molar-refractivity contribution in [2.75, 3.05) is 12.4 Å². The van der Waals surface area contributed by atoms with Gasteiger partial charge in [0, 0.05) is 9.37 Å². The van der Waals surface area contributed by atoms with Crippen molar-refractivity contribution >= 4 is 33.6 Å². The van der Waals surface area contributed by atoms with E-state index in [9.17, 15) is 4.79 Å². The minimum Gasteiger partial charge on any atom is -0.394 e. The summed E-state index contributed by atoms with van der Waals surface area (Å²) in [4.78, 5) is 12.6. The lowest BCUT2D eigenvalue weighted by molar-refractivity contribution is -0.119. The average Bonchev–Trinajstić information content (AvgIpc) is 2.35. The van der Waals surface area contributed by atoms with Crippen LogP contribution >= 0.6 is 27.7 Å². The number of halogens is 1. The smallest absolute Gasteiger partial charge is 0.230 e. The molecule has 1 rings (SSSR count). The van der Waals surface area contributed by atoms with Crippen molar-refractivity contribution in [1.29, 1.82) is 0 Å². The van der Waals surface area contributed by atoms with Gasteiger partial charge in [-0.05, 0) is 30.7 Å². The Morgan fingerprint density at radius 1 is 1.47 bits per heavy atom. The van der Waals surface area contributed by atoms with E-state index >= 15 is 0 Å². The summed E-state index contributed by atoms with van der Waals surface area (Å²) >= 11 is 4.85. The number of benzene rings is 1. The zero-order valence-electron chi connectivity index (χ0n) is 9.65. The number of rotatable bonds is 6. The monoisotopic (exact) mass is 317 g/mol. The van der Waals surface area contributed by atoms with Gasteiger partial charge in [0.05, 0.1) is 18.4 Å². The molecule has 0 aliphatic carbocycles. The van der Waals surface area contributed by atoms with Gasteiger partial charge in [-0.3, -0.25) is 4.79 Å². The zero-order chi connectivity index (χ0) is 12.7. The maximum absolute atomic E-state index is 11.6. The molecular formula is C12H16BrNO2S. The lowest BCUT2D eigenvalue weighted by atomic mass is 10.2. The van der Waals surface area contributed by atoms with Crippen LogP contribution in [0.5, 0.6) is 0 Å². The van der Waals surface area contributed by atoms with Crippen molar-refractivity contribution in [1.82, 2.24) is 5.32 Å². The summed E-state index contributed by atoms with van der Waals surface area (Å²) in [7, 11) is 0. The third-order valence-electron chi connectivity index (χ3n) is 2.26. The first-order valence-electron chi connectivity index (χ1n) is 5.44. The number of carbonyl (C=O) groups excluding carboxylic acids is 1. The summed E-state index contributed by atoms with van der Waals surface area (Å²) in [6.07, 6.45) is 0.741. The van der Waals surface area contributed by atoms with Crippen LogP contribution in [0.15, 0.2) is 33.6 Å². The SMILES string of the molecule is CC[C@@H](CO)NC(=O)CSc1ccc(Br)cc1. The number of thioether (sulfide) groups is 1. The Balaban J connectivity index is 2.35. The molecule has 17 heavy (non-hydrogen) atoms. The van der Waals surface area contributed by atoms with Gasteiger partial charge in [0.25, 0.3) is 0 Å². The minimum absolute atomic E-state index is 0.00874. The van der Waals surface area contributed by atoms with Crippen LogP contribution in [-0.2, 0) is 4.79 Å². The van der Waals surface area contributed by atoms with Gasteiger partial charge in [-0.1, -0.05) is 22.9 Å². The molecule has 5 heteroatoms. The molecule has 0 fully saturated rings. The first-order chi connectivity index (χ1) is 8.15. The van der Waals surface area contributed by atoms with Gasteiger partial charge in [-0.15, -0.1) is 11.8 Å². The fraction of sp³-hybridized carbons (Fsp3) is 0.417. The molecule has 0 aliphatic rings. The van der Waals surface area contributed by atoms with Crippen LogP contribution in [0.4, 0.5) is 0 Å². The molecule has 2 N–H and O–H groups in total. The van der Waals surface area contributed by atoms with Gasteiger partial charge in [0.1, 0.15) is 0 Å². The molecule has 94 valence electrons. The number of hydrogen-bond acceptors (Lipinski definition) is 3. The van der Waals surface area contributed by atoms with E-state index in [2.05, 4.69) is 21.2 Å². The molecule has 0 unspecified atom stereocenters. The van der Waals surface area contributed by atoms with Crippen LogP contribution in [0.25, 0.3) is 0 Å². The molecule has 0 aromatic heterocycles. The van der Waals surface area contributed by atoms with E-state index < -0.39 is 0 Å². The summed E-state index contributed by atoms with van der Waals surface area (Å²) in [5.41, 5.74) is 0. The second kappa shape index (κ2) is 7.74. The van der Waals surface area contributed by atoms with Gasteiger partial charge in [0.15, 0.2) is 0 Å². The van der Waals surface area contributed by atoms with Crippen LogP contribution in [0.2, 0.25) is 0 Å². The number of aliphatic hydroxyl groups is 1. The highest BCUT2D eigenvalue weighted by Crippen LogP contribution is 2.20. The molecule has 3 nitrogen and oxygen atoms in total. The number of nitrogens with one attached hydrogen (secondary N) is 1. The molecule has 0 heterocycles. The quantitative estimate of drug-likeness (QED) is 0.792. The zero-order valence-corrected chi connectivity index (χ0v) is 12.1. The standard InChI is InChI=1S/C12H16BrNO2S/c1-2-10(7-15)14-12(16)8-17-11-5-3-9(13)4-6-11/h3-6,10,15H,2,7-8H2,1H3,(H,14,16)/t10-/m0/s1. The normalized spacial score (nSPS) is 12.2. The summed E-state index contributed by atoms with van der Waals surface area (Å²) in [5.74, 6) is 0.330. The van der Waals surface area contributed by atoms with E-state index in [1.165, 1.54) is 11.8 Å². The summed E-state index contributed by atoms with van der Waals surface area (Å²) in [5, 5.41) is 11.7. The Labute approximate surface area is 114 Å². The summed E-state index contributed by atoms with van der Waals surface area (Å²) in [6, 6.07) is 7.69. The highest BCUT2D eigenvalue weighted by atomic mass is 79.9. The Bertz CT molecular complexity index is 352. The van der Waals surface area contributed by atoms with E-state index in [1.54, 1.807) is 0 Å². The third-order valence-corrected chi connectivity index (χ3v) is 3.80. The maximum atomic E-state index is 11.6. The van der Waals surface area contributed by atoms with Crippen LogP contribution in [-0.4, -0.2) is 29.4 Å². The van der Waals surface area contributed by atoms with Crippen LogP contribution < -0.4 is 5.32 Å². The van der Waals surface area contributed by atoms with Crippen molar-refractivity contribution in [3.05, 3.63) is 28.7 Å². The first kappa shape index (κ1) is 14.5. The van der Waals surface area contributed by atoms with E-state index in [1.807, 2.05) is 31.2 Å². The summed E-state index contributed by atoms with van der Waals surface area (Å²) < 4.78 is 1.03. The summed E-state index contributed by atoms with van der Waals surface area (Å²) in [6.45, 7) is 1.92. The number of amides is 1. The molecule has 1 aromatic carbocycles. The number of carbonyl (C=O) groups is 1. The highest BCUT2D eigenvalue weighted by molar-refractivity contribution is 9.10. The predicted molar refractivity (Wildman–Crippen MR) is 74.2 cm³/mol. The fourth-order valence-corrected chi connectivity index (χ4v) is 2.20. The lowest BCUT2D eigenvalue weighted by Crippen LogP contribution is -2.37. The third kappa shape index (κ3) is 5.57. The van der Waals surface area contributed by atoms with Crippen LogP contribution in [0.3, 0.4) is 0 Å². The van der Waals surface area contributed by atoms with E-state index in [0.29, 0.717) is 5.75 Å². The second-order valence-corrected chi connectivity index (χ2v) is 5.56. The number of aliphatic hydroxyl groups excluding tert-OH is 1. The van der Waals surface area contributed by atoms with Gasteiger partial charge in [-0.25, -0.2) is 0 Å². The average molecular weight is 318 g/mol. The molecule has 0 aliphatic heterocycles. The second-order valence-electron chi connectivity index (χ2n) is 3.60. The van der Waals surface area contributed by atoms with Crippen LogP contribution in [0, 0.1) is 0 Å². The Morgan fingerprint density at radius 2 is 2.12 bits per heavy atom. The highest BCUT2D eigenvalue weighted by Gasteiger charge is 2.09. The van der Waals surface area contributed by atoms with Crippen molar-refractivity contribution in [3.8, 4) is 0 Å². The molecule has 0 radical (unpaired) electrons. The number of hydrogen-bond donors (Lipinski definition) is 2. The van der Waals surface area contributed by atoms with E-state index in [0.717, 1.165) is 15.8 Å². The van der Waals surface area contributed by atoms with Gasteiger partial charge in [0.2, 0.25) is 5.91 Å². The van der Waals surface area contributed by atoms with Crippen molar-refractivity contribution in [2.24, 2.45) is 0 Å². The van der Waals surface area contributed by atoms with Crippen molar-refractivity contribution in [3.63, 3.8) is 0 Å². The lowest BCUT2D eigenvalue weighted by Gasteiger charge is -2.13. The Morgan fingerprint density at radius 3 is 2.65 bits per heavy atom. The van der Waals surface area contributed by atoms with Gasteiger partial charge in [-0.2, -0.15) is 0 Å². The van der Waals surface area contributed by atoms with Crippen molar-refractivity contribution in [2.45, 2.75) is 24.3 Å². The van der Waals surface area contributed by atoms with E-state index in [-0.39, 0.29) is 18.6 Å². The molecule has 1 aromatic rings.